The maximum absolute atomic E-state index is 3.33. The minimum atomic E-state index is 0.584. The van der Waals surface area contributed by atoms with Crippen LogP contribution in [0.15, 0.2) is 18.5 Å². The van der Waals surface area contributed by atoms with Gasteiger partial charge >= 0.3 is 0 Å². The zero-order valence-corrected chi connectivity index (χ0v) is 8.09. The molecule has 2 heteroatoms. The van der Waals surface area contributed by atoms with Crippen molar-refractivity contribution in [1.82, 2.24) is 10.3 Å². The van der Waals surface area contributed by atoms with Crippen LogP contribution in [-0.2, 0) is 6.42 Å². The third-order valence-corrected chi connectivity index (χ3v) is 2.29. The molecule has 1 unspecified atom stereocenters. The van der Waals surface area contributed by atoms with E-state index in [1.807, 2.05) is 13.2 Å². The summed E-state index contributed by atoms with van der Waals surface area (Å²) in [5.74, 6) is 0.685. The summed E-state index contributed by atoms with van der Waals surface area (Å²) < 4.78 is 0. The van der Waals surface area contributed by atoms with Crippen molar-refractivity contribution in [2.24, 2.45) is 5.92 Å². The molecule has 0 aliphatic rings. The molecule has 12 heavy (non-hydrogen) atoms. The first kappa shape index (κ1) is 9.33. The molecule has 1 rings (SSSR count). The topological polar surface area (TPSA) is 27.8 Å². The highest BCUT2D eigenvalue weighted by molar-refractivity contribution is 5.10. The van der Waals surface area contributed by atoms with E-state index >= 15 is 0 Å². The molecule has 0 fully saturated rings. The van der Waals surface area contributed by atoms with E-state index in [0.29, 0.717) is 12.0 Å². The van der Waals surface area contributed by atoms with E-state index in [9.17, 15) is 0 Å². The second-order valence-electron chi connectivity index (χ2n) is 3.56. The Hall–Kier alpha value is -0.760. The molecule has 0 amide bonds. The lowest BCUT2D eigenvalue weighted by Gasteiger charge is -2.19. The Kier molecular flexibility index (Phi) is 3.35. The lowest BCUT2D eigenvalue weighted by Crippen LogP contribution is -2.32. The zero-order chi connectivity index (χ0) is 8.97. The van der Waals surface area contributed by atoms with Crippen LogP contribution < -0.4 is 5.32 Å². The molecule has 0 saturated heterocycles. The number of H-pyrrole nitrogens is 1. The summed E-state index contributed by atoms with van der Waals surface area (Å²) in [6, 6.07) is 2.72. The van der Waals surface area contributed by atoms with Crippen LogP contribution in [0.2, 0.25) is 0 Å². The molecule has 0 spiro atoms. The molecule has 1 aromatic rings. The van der Waals surface area contributed by atoms with Gasteiger partial charge in [-0.3, -0.25) is 0 Å². The van der Waals surface area contributed by atoms with E-state index in [1.165, 1.54) is 5.56 Å². The molecule has 0 bridgehead atoms. The van der Waals surface area contributed by atoms with Gasteiger partial charge in [0.1, 0.15) is 0 Å². The fourth-order valence-electron chi connectivity index (χ4n) is 1.41. The van der Waals surface area contributed by atoms with E-state index in [-0.39, 0.29) is 0 Å². The van der Waals surface area contributed by atoms with Gasteiger partial charge in [0.25, 0.3) is 0 Å². The molecule has 0 radical (unpaired) electrons. The number of likely N-dealkylation sites (N-methyl/N-ethyl adjacent to an activating group) is 1. The van der Waals surface area contributed by atoms with Gasteiger partial charge < -0.3 is 10.3 Å². The van der Waals surface area contributed by atoms with Gasteiger partial charge in [0.15, 0.2) is 0 Å². The first-order valence-corrected chi connectivity index (χ1v) is 4.53. The fraction of sp³-hybridized carbons (Fsp3) is 0.600. The average molecular weight is 166 g/mol. The highest BCUT2D eigenvalue weighted by atomic mass is 14.9. The highest BCUT2D eigenvalue weighted by Gasteiger charge is 2.10. The Morgan fingerprint density at radius 2 is 2.25 bits per heavy atom. The molecular formula is C10H18N2. The molecule has 0 aromatic carbocycles. The largest absolute Gasteiger partial charge is 0.367 e. The quantitative estimate of drug-likeness (QED) is 0.701. The van der Waals surface area contributed by atoms with Gasteiger partial charge in [-0.15, -0.1) is 0 Å². The standard InChI is InChI=1S/C10H18N2/c1-8(2)10(11-3)6-9-4-5-12-7-9/h4-5,7-8,10-12H,6H2,1-3H3. The second kappa shape index (κ2) is 4.31. The van der Waals surface area contributed by atoms with Crippen molar-refractivity contribution >= 4 is 0 Å². The Morgan fingerprint density at radius 1 is 1.50 bits per heavy atom. The molecule has 0 saturated carbocycles. The van der Waals surface area contributed by atoms with Gasteiger partial charge in [-0.1, -0.05) is 13.8 Å². The van der Waals surface area contributed by atoms with Crippen LogP contribution in [0, 0.1) is 5.92 Å². The lowest BCUT2D eigenvalue weighted by atomic mass is 9.98. The molecule has 0 aliphatic heterocycles. The molecule has 0 aliphatic carbocycles. The Morgan fingerprint density at radius 3 is 2.67 bits per heavy atom. The number of rotatable bonds is 4. The number of nitrogens with one attached hydrogen (secondary N) is 2. The van der Waals surface area contributed by atoms with E-state index in [1.54, 1.807) is 0 Å². The molecule has 2 N–H and O–H groups in total. The Labute approximate surface area is 74.4 Å². The maximum Gasteiger partial charge on any atom is 0.0128 e. The summed E-state index contributed by atoms with van der Waals surface area (Å²) in [5, 5.41) is 3.33. The van der Waals surface area contributed by atoms with Crippen molar-refractivity contribution in [3.63, 3.8) is 0 Å². The first-order chi connectivity index (χ1) is 5.74. The zero-order valence-electron chi connectivity index (χ0n) is 8.09. The van der Waals surface area contributed by atoms with Crippen molar-refractivity contribution < 1.29 is 0 Å². The van der Waals surface area contributed by atoms with Gasteiger partial charge in [0, 0.05) is 18.4 Å². The summed E-state index contributed by atoms with van der Waals surface area (Å²) >= 11 is 0. The predicted molar refractivity (Wildman–Crippen MR) is 52.2 cm³/mol. The summed E-state index contributed by atoms with van der Waals surface area (Å²) in [4.78, 5) is 3.07. The third-order valence-electron chi connectivity index (χ3n) is 2.29. The van der Waals surface area contributed by atoms with Crippen LogP contribution in [0.3, 0.4) is 0 Å². The minimum absolute atomic E-state index is 0.584. The maximum atomic E-state index is 3.33. The second-order valence-corrected chi connectivity index (χ2v) is 3.56. The molecule has 1 heterocycles. The SMILES string of the molecule is CNC(Cc1cc[nH]c1)C(C)C. The van der Waals surface area contributed by atoms with Crippen LogP contribution in [0.4, 0.5) is 0 Å². The van der Waals surface area contributed by atoms with Crippen molar-refractivity contribution in [1.29, 1.82) is 0 Å². The average Bonchev–Trinajstić information content (AvgIpc) is 2.51. The van der Waals surface area contributed by atoms with Crippen molar-refractivity contribution in [2.45, 2.75) is 26.3 Å². The van der Waals surface area contributed by atoms with Crippen LogP contribution in [-0.4, -0.2) is 18.1 Å². The van der Waals surface area contributed by atoms with Crippen LogP contribution in [0.1, 0.15) is 19.4 Å². The van der Waals surface area contributed by atoms with Gasteiger partial charge in [-0.25, -0.2) is 0 Å². The van der Waals surface area contributed by atoms with Gasteiger partial charge in [-0.05, 0) is 31.0 Å². The van der Waals surface area contributed by atoms with Crippen molar-refractivity contribution in [2.75, 3.05) is 7.05 Å². The highest BCUT2D eigenvalue weighted by Crippen LogP contribution is 2.08. The van der Waals surface area contributed by atoms with Gasteiger partial charge in [0.2, 0.25) is 0 Å². The Balaban J connectivity index is 2.48. The van der Waals surface area contributed by atoms with Crippen LogP contribution in [0.25, 0.3) is 0 Å². The van der Waals surface area contributed by atoms with E-state index in [2.05, 4.69) is 36.4 Å². The molecule has 1 aromatic heterocycles. The monoisotopic (exact) mass is 166 g/mol. The smallest absolute Gasteiger partial charge is 0.0128 e. The number of aromatic amines is 1. The van der Waals surface area contributed by atoms with Crippen molar-refractivity contribution in [3.8, 4) is 0 Å². The summed E-state index contributed by atoms with van der Waals surface area (Å²) in [6.45, 7) is 4.49. The van der Waals surface area contributed by atoms with E-state index in [4.69, 9.17) is 0 Å². The fourth-order valence-corrected chi connectivity index (χ4v) is 1.41. The molecule has 68 valence electrons. The van der Waals surface area contributed by atoms with Crippen LogP contribution in [0.5, 0.6) is 0 Å². The lowest BCUT2D eigenvalue weighted by molar-refractivity contribution is 0.425. The molecule has 1 atom stereocenters. The number of hydrogen-bond donors (Lipinski definition) is 2. The summed E-state index contributed by atoms with van der Waals surface area (Å²) in [5.41, 5.74) is 1.38. The minimum Gasteiger partial charge on any atom is -0.367 e. The Bertz CT molecular complexity index is 202. The third kappa shape index (κ3) is 2.38. The molecule has 2 nitrogen and oxygen atoms in total. The van der Waals surface area contributed by atoms with Crippen LogP contribution >= 0.6 is 0 Å². The van der Waals surface area contributed by atoms with E-state index in [0.717, 1.165) is 6.42 Å². The summed E-state index contributed by atoms with van der Waals surface area (Å²) in [6.07, 6.45) is 5.15. The number of aromatic nitrogens is 1. The molecular weight excluding hydrogens is 148 g/mol. The van der Waals surface area contributed by atoms with Gasteiger partial charge in [0.05, 0.1) is 0 Å². The first-order valence-electron chi connectivity index (χ1n) is 4.53. The summed E-state index contributed by atoms with van der Waals surface area (Å²) in [7, 11) is 2.03. The normalized spacial score (nSPS) is 13.7. The van der Waals surface area contributed by atoms with E-state index < -0.39 is 0 Å². The van der Waals surface area contributed by atoms with Crippen molar-refractivity contribution in [3.05, 3.63) is 24.0 Å². The predicted octanol–water partition coefficient (Wildman–Crippen LogP) is 1.80. The number of hydrogen-bond acceptors (Lipinski definition) is 1. The van der Waals surface area contributed by atoms with Gasteiger partial charge in [-0.2, -0.15) is 0 Å².